The number of hydrogen-bond acceptors (Lipinski definition) is 7. The summed E-state index contributed by atoms with van der Waals surface area (Å²) in [6.07, 6.45) is 0. The summed E-state index contributed by atoms with van der Waals surface area (Å²) in [5.74, 6) is 2.47. The predicted octanol–water partition coefficient (Wildman–Crippen LogP) is 14.0. The molecule has 0 atom stereocenters. The molecule has 0 aliphatic carbocycles. The van der Waals surface area contributed by atoms with E-state index >= 15 is 0 Å². The second-order valence-electron chi connectivity index (χ2n) is 13.9. The molecule has 4 heterocycles. The van der Waals surface area contributed by atoms with E-state index in [9.17, 15) is 0 Å². The molecular formula is C50H28N6S2. The van der Waals surface area contributed by atoms with E-state index in [0.717, 1.165) is 80.4 Å². The number of nitrogens with zero attached hydrogens (tertiary/aromatic N) is 6. The number of hydrogen-bond donors (Lipinski definition) is 0. The van der Waals surface area contributed by atoms with Gasteiger partial charge in [0, 0.05) is 58.1 Å². The summed E-state index contributed by atoms with van der Waals surface area (Å²) in [5.41, 5.74) is 9.25. The van der Waals surface area contributed by atoms with E-state index in [1.165, 1.54) is 4.70 Å². The van der Waals surface area contributed by atoms with E-state index in [-0.39, 0.29) is 0 Å². The van der Waals surface area contributed by atoms with E-state index in [0.29, 0.717) is 29.0 Å². The maximum atomic E-state index is 7.45. The zero-order valence-corrected chi connectivity index (χ0v) is 32.3. The standard InChI is InChI=1S/C50H28N6S2/c1-51-36-17-10-16-34(28-36)30-22-24-33(25-23-30)48-54-47(32-14-6-3-7-15-32)55-50(56-48)38-19-11-21-42-43(38)39-29-35(26-27-41(39)57-42)49-52-44(31-12-4-2-5-13-31)46-45(53-49)37-18-8-9-20-40(37)58-46/h2-29H. The van der Waals surface area contributed by atoms with Gasteiger partial charge in [0.05, 0.1) is 22.5 Å². The summed E-state index contributed by atoms with van der Waals surface area (Å²) >= 11 is 3.49. The van der Waals surface area contributed by atoms with Gasteiger partial charge in [-0.05, 0) is 47.5 Å². The fourth-order valence-electron chi connectivity index (χ4n) is 7.57. The number of fused-ring (bicyclic) bond motifs is 6. The Morgan fingerprint density at radius 3 is 1.79 bits per heavy atom. The van der Waals surface area contributed by atoms with Gasteiger partial charge >= 0.3 is 0 Å². The summed E-state index contributed by atoms with van der Waals surface area (Å²) < 4.78 is 4.58. The molecular weight excluding hydrogens is 749 g/mol. The number of aromatic nitrogens is 5. The maximum Gasteiger partial charge on any atom is 0.187 e. The van der Waals surface area contributed by atoms with Crippen molar-refractivity contribution in [3.05, 3.63) is 181 Å². The maximum absolute atomic E-state index is 7.45. The second-order valence-corrected chi connectivity index (χ2v) is 16.1. The molecule has 8 heteroatoms. The van der Waals surface area contributed by atoms with Crippen molar-refractivity contribution in [3.63, 3.8) is 0 Å². The van der Waals surface area contributed by atoms with E-state index in [2.05, 4.69) is 102 Å². The average Bonchev–Trinajstić information content (AvgIpc) is 3.87. The SMILES string of the molecule is [C-]#[N+]c1cccc(-c2ccc(-c3nc(-c4ccccc4)nc(-c4cccc5sc6ccc(-c7nc(-c8ccccc8)c8sc9ccccc9c8n7)cc6c45)n3)cc2)c1. The Balaban J connectivity index is 1.08. The van der Waals surface area contributed by atoms with Crippen LogP contribution in [-0.4, -0.2) is 24.9 Å². The molecule has 11 aromatic rings. The molecule has 0 spiro atoms. The first-order valence-electron chi connectivity index (χ1n) is 18.8. The molecule has 0 amide bonds. The minimum absolute atomic E-state index is 0.584. The van der Waals surface area contributed by atoms with Crippen molar-refractivity contribution in [1.29, 1.82) is 0 Å². The third-order valence-electron chi connectivity index (χ3n) is 10.4. The fourth-order valence-corrected chi connectivity index (χ4v) is 9.84. The van der Waals surface area contributed by atoms with Crippen LogP contribution in [0.15, 0.2) is 170 Å². The Labute approximate surface area is 341 Å². The lowest BCUT2D eigenvalue weighted by molar-refractivity contribution is 1.08. The molecule has 7 aromatic carbocycles. The quantitative estimate of drug-likeness (QED) is 0.157. The van der Waals surface area contributed by atoms with Gasteiger partial charge in [0.15, 0.2) is 29.0 Å². The molecule has 0 saturated carbocycles. The van der Waals surface area contributed by atoms with Gasteiger partial charge in [0.2, 0.25) is 0 Å². The van der Waals surface area contributed by atoms with Crippen LogP contribution in [0.3, 0.4) is 0 Å². The molecule has 0 saturated heterocycles. The lowest BCUT2D eigenvalue weighted by Crippen LogP contribution is -2.00. The highest BCUT2D eigenvalue weighted by Crippen LogP contribution is 2.43. The molecule has 0 unspecified atom stereocenters. The van der Waals surface area contributed by atoms with Gasteiger partial charge in [-0.3, -0.25) is 0 Å². The summed E-state index contributed by atoms with van der Waals surface area (Å²) in [7, 11) is 0. The molecule has 0 N–H and O–H groups in total. The summed E-state index contributed by atoms with van der Waals surface area (Å²) in [4.78, 5) is 29.4. The average molecular weight is 777 g/mol. The molecule has 0 aliphatic heterocycles. The van der Waals surface area contributed by atoms with Crippen LogP contribution in [0.4, 0.5) is 5.69 Å². The zero-order chi connectivity index (χ0) is 38.6. The molecule has 0 bridgehead atoms. The van der Waals surface area contributed by atoms with E-state index in [4.69, 9.17) is 31.5 Å². The van der Waals surface area contributed by atoms with Crippen LogP contribution in [0.5, 0.6) is 0 Å². The highest BCUT2D eigenvalue weighted by atomic mass is 32.1. The molecule has 58 heavy (non-hydrogen) atoms. The summed E-state index contributed by atoms with van der Waals surface area (Å²) in [6, 6.07) is 57.7. The third kappa shape index (κ3) is 5.89. The van der Waals surface area contributed by atoms with Gasteiger partial charge < -0.3 is 0 Å². The molecule has 11 rings (SSSR count). The smallest absolute Gasteiger partial charge is 0.187 e. The lowest BCUT2D eigenvalue weighted by atomic mass is 10.0. The predicted molar refractivity (Wildman–Crippen MR) is 240 cm³/mol. The highest BCUT2D eigenvalue weighted by Gasteiger charge is 2.20. The minimum Gasteiger partial charge on any atom is -0.238 e. The monoisotopic (exact) mass is 776 g/mol. The minimum atomic E-state index is 0.584. The Morgan fingerprint density at radius 2 is 1.00 bits per heavy atom. The lowest BCUT2D eigenvalue weighted by Gasteiger charge is -2.10. The van der Waals surface area contributed by atoms with Crippen LogP contribution in [0.25, 0.3) is 113 Å². The molecule has 0 radical (unpaired) electrons. The first kappa shape index (κ1) is 33.9. The molecule has 0 aliphatic rings. The molecule has 0 fully saturated rings. The van der Waals surface area contributed by atoms with Gasteiger partial charge in [-0.25, -0.2) is 29.8 Å². The Kier molecular flexibility index (Phi) is 8.14. The zero-order valence-electron chi connectivity index (χ0n) is 30.7. The van der Waals surface area contributed by atoms with Gasteiger partial charge in [0.1, 0.15) is 0 Å². The van der Waals surface area contributed by atoms with Crippen molar-refractivity contribution in [3.8, 4) is 67.9 Å². The highest BCUT2D eigenvalue weighted by molar-refractivity contribution is 7.26. The van der Waals surface area contributed by atoms with Crippen molar-refractivity contribution in [2.24, 2.45) is 0 Å². The largest absolute Gasteiger partial charge is 0.238 e. The van der Waals surface area contributed by atoms with Crippen LogP contribution in [0, 0.1) is 6.57 Å². The number of thiophene rings is 2. The van der Waals surface area contributed by atoms with Crippen molar-refractivity contribution in [2.45, 2.75) is 0 Å². The fraction of sp³-hybridized carbons (Fsp3) is 0. The topological polar surface area (TPSA) is 68.8 Å². The molecule has 6 nitrogen and oxygen atoms in total. The number of rotatable bonds is 6. The van der Waals surface area contributed by atoms with E-state index in [1.54, 1.807) is 22.7 Å². The first-order chi connectivity index (χ1) is 28.7. The second kappa shape index (κ2) is 13.9. The Morgan fingerprint density at radius 1 is 0.397 bits per heavy atom. The Bertz CT molecular complexity index is 3400. The van der Waals surface area contributed by atoms with Gasteiger partial charge in [-0.1, -0.05) is 133 Å². The van der Waals surface area contributed by atoms with Crippen molar-refractivity contribution in [1.82, 2.24) is 24.9 Å². The van der Waals surface area contributed by atoms with Crippen LogP contribution in [0.1, 0.15) is 0 Å². The van der Waals surface area contributed by atoms with Crippen molar-refractivity contribution in [2.75, 3.05) is 0 Å². The van der Waals surface area contributed by atoms with Crippen molar-refractivity contribution < 1.29 is 0 Å². The van der Waals surface area contributed by atoms with E-state index < -0.39 is 0 Å². The number of benzene rings is 7. The molecule has 4 aromatic heterocycles. The third-order valence-corrected chi connectivity index (χ3v) is 12.7. The van der Waals surface area contributed by atoms with E-state index in [1.807, 2.05) is 72.8 Å². The summed E-state index contributed by atoms with van der Waals surface area (Å²) in [6.45, 7) is 7.45. The van der Waals surface area contributed by atoms with Gasteiger partial charge in [-0.15, -0.1) is 22.7 Å². The molecule has 270 valence electrons. The van der Waals surface area contributed by atoms with Crippen LogP contribution < -0.4 is 0 Å². The van der Waals surface area contributed by atoms with Crippen molar-refractivity contribution >= 4 is 68.8 Å². The van der Waals surface area contributed by atoms with Crippen LogP contribution in [-0.2, 0) is 0 Å². The van der Waals surface area contributed by atoms with Gasteiger partial charge in [-0.2, -0.15) is 0 Å². The Hall–Kier alpha value is -7.44. The van der Waals surface area contributed by atoms with Crippen LogP contribution in [0.2, 0.25) is 0 Å². The first-order valence-corrected chi connectivity index (χ1v) is 20.4. The summed E-state index contributed by atoms with van der Waals surface area (Å²) in [5, 5.41) is 3.32. The van der Waals surface area contributed by atoms with Crippen LogP contribution >= 0.6 is 22.7 Å². The van der Waals surface area contributed by atoms with Gasteiger partial charge in [0.25, 0.3) is 0 Å². The normalized spacial score (nSPS) is 11.4.